The van der Waals surface area contributed by atoms with Gasteiger partial charge in [-0.15, -0.1) is 0 Å². The van der Waals surface area contributed by atoms with Gasteiger partial charge < -0.3 is 15.8 Å². The van der Waals surface area contributed by atoms with E-state index in [4.69, 9.17) is 10.5 Å². The summed E-state index contributed by atoms with van der Waals surface area (Å²) in [6.45, 7) is 10.7. The smallest absolute Gasteiger partial charge is 0.147 e. The van der Waals surface area contributed by atoms with Crippen LogP contribution in [-0.4, -0.2) is 29.5 Å². The number of nitrogen functional groups attached to an aromatic ring is 1. The Morgan fingerprint density at radius 2 is 2.00 bits per heavy atom. The second-order valence-electron chi connectivity index (χ2n) is 5.32. The number of nitrogens with one attached hydrogen (secondary N) is 1. The Labute approximate surface area is 110 Å². The van der Waals surface area contributed by atoms with Gasteiger partial charge in [-0.25, -0.2) is 0 Å². The maximum absolute atomic E-state index is 6.08. The van der Waals surface area contributed by atoms with Gasteiger partial charge in [-0.2, -0.15) is 5.10 Å². The van der Waals surface area contributed by atoms with Gasteiger partial charge in [0.2, 0.25) is 0 Å². The Bertz CT molecular complexity index is 371. The molecule has 1 aromatic heterocycles. The lowest BCUT2D eigenvalue weighted by molar-refractivity contribution is 0.118. The summed E-state index contributed by atoms with van der Waals surface area (Å²) in [5.74, 6) is 1.79. The fourth-order valence-corrected chi connectivity index (χ4v) is 1.76. The van der Waals surface area contributed by atoms with E-state index in [0.29, 0.717) is 18.4 Å². The molecule has 1 heterocycles. The SMILES string of the molecule is CC(C)COCCNc1c(N)c(C(C)C)nn1C. The topological polar surface area (TPSA) is 65.1 Å². The molecule has 5 nitrogen and oxygen atoms in total. The lowest BCUT2D eigenvalue weighted by atomic mass is 10.1. The largest absolute Gasteiger partial charge is 0.394 e. The highest BCUT2D eigenvalue weighted by Gasteiger charge is 2.15. The predicted octanol–water partition coefficient (Wildman–Crippen LogP) is 2.21. The quantitative estimate of drug-likeness (QED) is 0.732. The van der Waals surface area contributed by atoms with Crippen LogP contribution >= 0.6 is 0 Å². The van der Waals surface area contributed by atoms with Crippen molar-refractivity contribution in [2.24, 2.45) is 13.0 Å². The molecule has 1 rings (SSSR count). The van der Waals surface area contributed by atoms with Gasteiger partial charge >= 0.3 is 0 Å². The first kappa shape index (κ1) is 14.8. The summed E-state index contributed by atoms with van der Waals surface area (Å²) in [6, 6.07) is 0. The maximum atomic E-state index is 6.08. The zero-order valence-corrected chi connectivity index (χ0v) is 12.2. The second-order valence-corrected chi connectivity index (χ2v) is 5.32. The van der Waals surface area contributed by atoms with Crippen molar-refractivity contribution in [2.45, 2.75) is 33.6 Å². The molecule has 0 unspecified atom stereocenters. The van der Waals surface area contributed by atoms with Crippen LogP contribution in [0, 0.1) is 5.92 Å². The number of hydrogen-bond acceptors (Lipinski definition) is 4. The van der Waals surface area contributed by atoms with Gasteiger partial charge in [0, 0.05) is 20.2 Å². The molecule has 0 aliphatic heterocycles. The van der Waals surface area contributed by atoms with Gasteiger partial charge in [0.1, 0.15) is 5.82 Å². The zero-order chi connectivity index (χ0) is 13.7. The molecule has 0 radical (unpaired) electrons. The van der Waals surface area contributed by atoms with E-state index < -0.39 is 0 Å². The molecule has 0 aliphatic rings. The van der Waals surface area contributed by atoms with Crippen LogP contribution in [0.2, 0.25) is 0 Å². The van der Waals surface area contributed by atoms with Gasteiger partial charge in [-0.3, -0.25) is 4.68 Å². The van der Waals surface area contributed by atoms with Gasteiger partial charge in [-0.1, -0.05) is 27.7 Å². The van der Waals surface area contributed by atoms with E-state index in [1.807, 2.05) is 7.05 Å². The van der Waals surface area contributed by atoms with Crippen LogP contribution < -0.4 is 11.1 Å². The van der Waals surface area contributed by atoms with Crippen LogP contribution in [0.3, 0.4) is 0 Å². The molecule has 3 N–H and O–H groups in total. The lowest BCUT2D eigenvalue weighted by Gasteiger charge is -2.09. The summed E-state index contributed by atoms with van der Waals surface area (Å²) in [6.07, 6.45) is 0. The van der Waals surface area contributed by atoms with Gasteiger partial charge in [0.15, 0.2) is 0 Å². The van der Waals surface area contributed by atoms with E-state index in [9.17, 15) is 0 Å². The summed E-state index contributed by atoms with van der Waals surface area (Å²) < 4.78 is 7.32. The van der Waals surface area contributed by atoms with Crippen LogP contribution in [0.5, 0.6) is 0 Å². The van der Waals surface area contributed by atoms with Gasteiger partial charge in [-0.05, 0) is 11.8 Å². The standard InChI is InChI=1S/C13H26N4O/c1-9(2)8-18-7-6-15-13-11(14)12(10(3)4)16-17(13)5/h9-10,15H,6-8,14H2,1-5H3. The number of ether oxygens (including phenoxy) is 1. The molecular formula is C13H26N4O. The zero-order valence-electron chi connectivity index (χ0n) is 12.2. The van der Waals surface area contributed by atoms with Crippen molar-refractivity contribution in [1.29, 1.82) is 0 Å². The first-order valence-electron chi connectivity index (χ1n) is 6.57. The average Bonchev–Trinajstić information content (AvgIpc) is 2.55. The summed E-state index contributed by atoms with van der Waals surface area (Å²) in [5, 5.41) is 7.71. The van der Waals surface area contributed by atoms with Crippen molar-refractivity contribution in [1.82, 2.24) is 9.78 Å². The predicted molar refractivity (Wildman–Crippen MR) is 75.9 cm³/mol. The van der Waals surface area contributed by atoms with Crippen molar-refractivity contribution in [3.8, 4) is 0 Å². The van der Waals surface area contributed by atoms with Crippen molar-refractivity contribution in [3.63, 3.8) is 0 Å². The van der Waals surface area contributed by atoms with Crippen molar-refractivity contribution in [2.75, 3.05) is 30.8 Å². The molecule has 0 fully saturated rings. The van der Waals surface area contributed by atoms with Crippen LogP contribution in [0.4, 0.5) is 11.5 Å². The highest BCUT2D eigenvalue weighted by Crippen LogP contribution is 2.27. The molecule has 0 saturated carbocycles. The summed E-state index contributed by atoms with van der Waals surface area (Å²) >= 11 is 0. The number of aryl methyl sites for hydroxylation is 1. The molecule has 0 aliphatic carbocycles. The van der Waals surface area contributed by atoms with Crippen LogP contribution in [-0.2, 0) is 11.8 Å². The third kappa shape index (κ3) is 3.91. The molecule has 104 valence electrons. The minimum atomic E-state index is 0.337. The number of rotatable bonds is 7. The molecule has 0 atom stereocenters. The average molecular weight is 254 g/mol. The minimum Gasteiger partial charge on any atom is -0.394 e. The molecule has 5 heteroatoms. The summed E-state index contributed by atoms with van der Waals surface area (Å²) in [4.78, 5) is 0. The minimum absolute atomic E-state index is 0.337. The fourth-order valence-electron chi connectivity index (χ4n) is 1.76. The van der Waals surface area contributed by atoms with Crippen molar-refractivity contribution >= 4 is 11.5 Å². The van der Waals surface area contributed by atoms with E-state index in [2.05, 4.69) is 38.1 Å². The number of anilines is 2. The molecule has 18 heavy (non-hydrogen) atoms. The van der Waals surface area contributed by atoms with Crippen LogP contribution in [0.15, 0.2) is 0 Å². The summed E-state index contributed by atoms with van der Waals surface area (Å²) in [7, 11) is 1.90. The molecule has 0 amide bonds. The number of aromatic nitrogens is 2. The first-order chi connectivity index (χ1) is 8.43. The molecule has 0 aromatic carbocycles. The van der Waals surface area contributed by atoms with Crippen molar-refractivity contribution in [3.05, 3.63) is 5.69 Å². The first-order valence-corrected chi connectivity index (χ1v) is 6.57. The highest BCUT2D eigenvalue weighted by molar-refractivity contribution is 5.65. The Morgan fingerprint density at radius 1 is 1.33 bits per heavy atom. The Morgan fingerprint density at radius 3 is 2.50 bits per heavy atom. The molecule has 0 spiro atoms. The molecule has 1 aromatic rings. The molecular weight excluding hydrogens is 228 g/mol. The molecule has 0 saturated heterocycles. The Kier molecular flexibility index (Phi) is 5.47. The lowest BCUT2D eigenvalue weighted by Crippen LogP contribution is -2.14. The van der Waals surface area contributed by atoms with Gasteiger partial charge in [0.05, 0.1) is 18.0 Å². The van der Waals surface area contributed by atoms with Gasteiger partial charge in [0.25, 0.3) is 0 Å². The third-order valence-corrected chi connectivity index (χ3v) is 2.65. The third-order valence-electron chi connectivity index (χ3n) is 2.65. The monoisotopic (exact) mass is 254 g/mol. The van der Waals surface area contributed by atoms with Crippen molar-refractivity contribution < 1.29 is 4.74 Å². The number of nitrogens with two attached hydrogens (primary N) is 1. The second kappa shape index (κ2) is 6.64. The number of nitrogens with zero attached hydrogens (tertiary/aromatic N) is 2. The van der Waals surface area contributed by atoms with E-state index in [1.165, 1.54) is 0 Å². The van der Waals surface area contributed by atoms with Crippen LogP contribution in [0.25, 0.3) is 0 Å². The Hall–Kier alpha value is -1.23. The van der Waals surface area contributed by atoms with E-state index in [1.54, 1.807) is 4.68 Å². The highest BCUT2D eigenvalue weighted by atomic mass is 16.5. The van der Waals surface area contributed by atoms with E-state index >= 15 is 0 Å². The number of hydrogen-bond donors (Lipinski definition) is 2. The van der Waals surface area contributed by atoms with Crippen LogP contribution in [0.1, 0.15) is 39.3 Å². The van der Waals surface area contributed by atoms with E-state index in [-0.39, 0.29) is 0 Å². The normalized spacial score (nSPS) is 11.5. The van der Waals surface area contributed by atoms with E-state index in [0.717, 1.165) is 30.4 Å². The molecule has 0 bridgehead atoms. The maximum Gasteiger partial charge on any atom is 0.147 e. The Balaban J connectivity index is 2.47. The fraction of sp³-hybridized carbons (Fsp3) is 0.769. The summed E-state index contributed by atoms with van der Waals surface area (Å²) in [5.41, 5.74) is 7.78.